The van der Waals surface area contributed by atoms with E-state index in [1.807, 2.05) is 24.3 Å². The summed E-state index contributed by atoms with van der Waals surface area (Å²) in [6.45, 7) is 0. The van der Waals surface area contributed by atoms with Crippen molar-refractivity contribution in [1.82, 2.24) is 0 Å². The molecule has 0 unspecified atom stereocenters. The fourth-order valence-electron chi connectivity index (χ4n) is 4.95. The molecule has 2 aromatic rings. The summed E-state index contributed by atoms with van der Waals surface area (Å²) in [7, 11) is 0. The molecule has 0 spiro atoms. The standard InChI is InChI=1S/C24H30O2/c25-23-13-11-19(15-21(23)17-7-3-1-4-8-17)20-12-14-24(26)22(16-20)18-9-5-2-6-10-18/h11-18,25-26H,1-10H2. The molecule has 0 bridgehead atoms. The summed E-state index contributed by atoms with van der Waals surface area (Å²) in [5, 5.41) is 20.8. The number of benzene rings is 2. The molecular formula is C24H30O2. The molecule has 0 heterocycles. The summed E-state index contributed by atoms with van der Waals surface area (Å²) >= 11 is 0. The van der Waals surface area contributed by atoms with Gasteiger partial charge in [-0.05, 0) is 84.0 Å². The lowest BCUT2D eigenvalue weighted by atomic mass is 9.81. The highest BCUT2D eigenvalue weighted by atomic mass is 16.3. The zero-order chi connectivity index (χ0) is 17.9. The van der Waals surface area contributed by atoms with E-state index in [1.54, 1.807) is 0 Å². The van der Waals surface area contributed by atoms with Crippen LogP contribution >= 0.6 is 0 Å². The van der Waals surface area contributed by atoms with Crippen LogP contribution in [0.4, 0.5) is 0 Å². The van der Waals surface area contributed by atoms with Crippen molar-refractivity contribution in [2.24, 2.45) is 0 Å². The van der Waals surface area contributed by atoms with E-state index in [1.165, 1.54) is 64.2 Å². The highest BCUT2D eigenvalue weighted by Gasteiger charge is 2.21. The van der Waals surface area contributed by atoms with Gasteiger partial charge in [-0.3, -0.25) is 0 Å². The van der Waals surface area contributed by atoms with Crippen molar-refractivity contribution in [2.45, 2.75) is 76.0 Å². The van der Waals surface area contributed by atoms with E-state index in [4.69, 9.17) is 0 Å². The maximum Gasteiger partial charge on any atom is 0.119 e. The van der Waals surface area contributed by atoms with Crippen molar-refractivity contribution < 1.29 is 10.2 Å². The molecule has 0 radical (unpaired) electrons. The monoisotopic (exact) mass is 350 g/mol. The van der Waals surface area contributed by atoms with Gasteiger partial charge in [0.15, 0.2) is 0 Å². The molecule has 2 saturated carbocycles. The summed E-state index contributed by atoms with van der Waals surface area (Å²) in [5.41, 5.74) is 4.52. The van der Waals surface area contributed by atoms with Gasteiger partial charge in [-0.2, -0.15) is 0 Å². The fraction of sp³-hybridized carbons (Fsp3) is 0.500. The maximum atomic E-state index is 10.4. The summed E-state index contributed by atoms with van der Waals surface area (Å²) < 4.78 is 0. The fourth-order valence-corrected chi connectivity index (χ4v) is 4.95. The summed E-state index contributed by atoms with van der Waals surface area (Å²) in [6, 6.07) is 12.1. The largest absolute Gasteiger partial charge is 0.508 e. The Morgan fingerprint density at radius 2 is 0.923 bits per heavy atom. The molecule has 0 atom stereocenters. The van der Waals surface area contributed by atoms with Crippen LogP contribution in [-0.2, 0) is 0 Å². The molecular weight excluding hydrogens is 320 g/mol. The van der Waals surface area contributed by atoms with Crippen molar-refractivity contribution >= 4 is 0 Å². The third-order valence-corrected chi connectivity index (χ3v) is 6.48. The first-order valence-electron chi connectivity index (χ1n) is 10.4. The smallest absolute Gasteiger partial charge is 0.119 e. The van der Waals surface area contributed by atoms with Crippen molar-refractivity contribution in [3.05, 3.63) is 47.5 Å². The first-order chi connectivity index (χ1) is 12.7. The third kappa shape index (κ3) is 3.60. The molecule has 2 aliphatic rings. The number of rotatable bonds is 3. The third-order valence-electron chi connectivity index (χ3n) is 6.48. The van der Waals surface area contributed by atoms with E-state index < -0.39 is 0 Å². The van der Waals surface area contributed by atoms with Crippen LogP contribution in [0.2, 0.25) is 0 Å². The van der Waals surface area contributed by atoms with E-state index in [2.05, 4.69) is 12.1 Å². The van der Waals surface area contributed by atoms with Gasteiger partial charge in [0, 0.05) is 0 Å². The van der Waals surface area contributed by atoms with Crippen LogP contribution in [0.5, 0.6) is 11.5 Å². The van der Waals surface area contributed by atoms with Crippen LogP contribution < -0.4 is 0 Å². The van der Waals surface area contributed by atoms with Gasteiger partial charge < -0.3 is 10.2 Å². The lowest BCUT2D eigenvalue weighted by molar-refractivity contribution is 0.414. The van der Waals surface area contributed by atoms with Crippen LogP contribution in [-0.4, -0.2) is 10.2 Å². The second kappa shape index (κ2) is 7.73. The molecule has 2 nitrogen and oxygen atoms in total. The number of phenols is 2. The predicted octanol–water partition coefficient (Wildman–Crippen LogP) is 6.86. The molecule has 2 fully saturated rings. The SMILES string of the molecule is Oc1ccc(-c2ccc(O)c(C3CCCCC3)c2)cc1C1CCCCC1. The Labute approximate surface area is 156 Å². The molecule has 0 saturated heterocycles. The number of aromatic hydroxyl groups is 2. The topological polar surface area (TPSA) is 40.5 Å². The average molecular weight is 351 g/mol. The van der Waals surface area contributed by atoms with Gasteiger partial charge in [-0.1, -0.05) is 50.7 Å². The Bertz CT molecular complexity index is 687. The van der Waals surface area contributed by atoms with E-state index in [9.17, 15) is 10.2 Å². The molecule has 2 aromatic carbocycles. The highest BCUT2D eigenvalue weighted by molar-refractivity contribution is 5.68. The average Bonchev–Trinajstić information content (AvgIpc) is 2.70. The first-order valence-corrected chi connectivity index (χ1v) is 10.4. The van der Waals surface area contributed by atoms with Crippen LogP contribution in [0.25, 0.3) is 11.1 Å². The zero-order valence-electron chi connectivity index (χ0n) is 15.6. The van der Waals surface area contributed by atoms with Gasteiger partial charge in [0.05, 0.1) is 0 Å². The molecule has 2 N–H and O–H groups in total. The van der Waals surface area contributed by atoms with Crippen LogP contribution in [0.1, 0.15) is 87.2 Å². The highest BCUT2D eigenvalue weighted by Crippen LogP contribution is 2.41. The Kier molecular flexibility index (Phi) is 5.19. The number of hydrogen-bond acceptors (Lipinski definition) is 2. The predicted molar refractivity (Wildman–Crippen MR) is 107 cm³/mol. The molecule has 2 aliphatic carbocycles. The van der Waals surface area contributed by atoms with Crippen molar-refractivity contribution in [2.75, 3.05) is 0 Å². The molecule has 26 heavy (non-hydrogen) atoms. The van der Waals surface area contributed by atoms with Gasteiger partial charge in [-0.25, -0.2) is 0 Å². The van der Waals surface area contributed by atoms with Crippen LogP contribution in [0, 0.1) is 0 Å². The second-order valence-corrected chi connectivity index (χ2v) is 8.22. The van der Waals surface area contributed by atoms with E-state index in [0.717, 1.165) is 22.3 Å². The molecule has 138 valence electrons. The van der Waals surface area contributed by atoms with Crippen LogP contribution in [0.15, 0.2) is 36.4 Å². The van der Waals surface area contributed by atoms with Gasteiger partial charge in [0.1, 0.15) is 11.5 Å². The van der Waals surface area contributed by atoms with E-state index >= 15 is 0 Å². The molecule has 0 amide bonds. The summed E-state index contributed by atoms with van der Waals surface area (Å²) in [5.74, 6) is 1.84. The minimum atomic E-state index is 0.437. The quantitative estimate of drug-likeness (QED) is 0.635. The number of phenolic OH excluding ortho intramolecular Hbond substituents is 2. The normalized spacial score (nSPS) is 19.5. The van der Waals surface area contributed by atoms with E-state index in [-0.39, 0.29) is 0 Å². The van der Waals surface area contributed by atoms with Gasteiger partial charge in [0.25, 0.3) is 0 Å². The second-order valence-electron chi connectivity index (χ2n) is 8.22. The lowest BCUT2D eigenvalue weighted by Gasteiger charge is -2.24. The molecule has 4 rings (SSSR count). The van der Waals surface area contributed by atoms with Crippen molar-refractivity contribution in [1.29, 1.82) is 0 Å². The summed E-state index contributed by atoms with van der Waals surface area (Å²) in [4.78, 5) is 0. The van der Waals surface area contributed by atoms with Crippen LogP contribution in [0.3, 0.4) is 0 Å². The Morgan fingerprint density at radius 3 is 1.31 bits per heavy atom. The Hall–Kier alpha value is -1.96. The number of hydrogen-bond donors (Lipinski definition) is 2. The zero-order valence-corrected chi connectivity index (χ0v) is 15.6. The molecule has 2 heteroatoms. The van der Waals surface area contributed by atoms with Gasteiger partial charge in [0.2, 0.25) is 0 Å². The van der Waals surface area contributed by atoms with Crippen molar-refractivity contribution in [3.8, 4) is 22.6 Å². The van der Waals surface area contributed by atoms with Gasteiger partial charge in [-0.15, -0.1) is 0 Å². The van der Waals surface area contributed by atoms with E-state index in [0.29, 0.717) is 23.3 Å². The Balaban J connectivity index is 1.66. The lowest BCUT2D eigenvalue weighted by Crippen LogP contribution is -2.05. The minimum absolute atomic E-state index is 0.437. The Morgan fingerprint density at radius 1 is 0.538 bits per heavy atom. The maximum absolute atomic E-state index is 10.4. The molecule has 0 aliphatic heterocycles. The molecule has 0 aromatic heterocycles. The van der Waals surface area contributed by atoms with Gasteiger partial charge >= 0.3 is 0 Å². The first kappa shape index (κ1) is 17.5. The minimum Gasteiger partial charge on any atom is -0.508 e. The summed E-state index contributed by atoms with van der Waals surface area (Å²) in [6.07, 6.45) is 12.4. The van der Waals surface area contributed by atoms with Crippen molar-refractivity contribution in [3.63, 3.8) is 0 Å².